The van der Waals surface area contributed by atoms with Crippen molar-refractivity contribution in [3.63, 3.8) is 0 Å². The Morgan fingerprint density at radius 3 is 2.78 bits per heavy atom. The monoisotopic (exact) mass is 404 g/mol. The lowest BCUT2D eigenvalue weighted by Gasteiger charge is -2.13. The largest absolute Gasteiger partial charge is 0.496 e. The zero-order chi connectivity index (χ0) is 19.2. The number of fused-ring (bicyclic) bond motifs is 1. The summed E-state index contributed by atoms with van der Waals surface area (Å²) < 4.78 is 10.4. The normalized spacial score (nSPS) is 12.8. The summed E-state index contributed by atoms with van der Waals surface area (Å²) in [6.45, 7) is 0.671. The van der Waals surface area contributed by atoms with Crippen LogP contribution in [0.3, 0.4) is 0 Å². The van der Waals surface area contributed by atoms with Crippen LogP contribution in [0.4, 0.5) is 5.00 Å². The maximum absolute atomic E-state index is 12.3. The number of aryl methyl sites for hydroxylation is 1. The van der Waals surface area contributed by atoms with E-state index in [1.165, 1.54) is 12.0 Å². The average molecular weight is 405 g/mol. The van der Waals surface area contributed by atoms with Gasteiger partial charge in [-0.25, -0.2) is 4.79 Å². The van der Waals surface area contributed by atoms with Crippen molar-refractivity contribution in [1.29, 1.82) is 0 Å². The third-order valence-corrected chi connectivity index (χ3v) is 6.11. The first-order valence-corrected chi connectivity index (χ1v) is 10.3. The molecule has 0 spiro atoms. The van der Waals surface area contributed by atoms with Crippen LogP contribution < -0.4 is 15.4 Å². The minimum atomic E-state index is -0.297. The van der Waals surface area contributed by atoms with E-state index in [2.05, 4.69) is 10.6 Å². The predicted octanol–water partition coefficient (Wildman–Crippen LogP) is 3.95. The lowest BCUT2D eigenvalue weighted by Crippen LogP contribution is -2.30. The molecule has 0 amide bonds. The summed E-state index contributed by atoms with van der Waals surface area (Å²) in [5.41, 5.74) is 2.89. The molecule has 27 heavy (non-hydrogen) atoms. The minimum Gasteiger partial charge on any atom is -0.496 e. The van der Waals surface area contributed by atoms with E-state index in [1.54, 1.807) is 18.4 Å². The van der Waals surface area contributed by atoms with Gasteiger partial charge in [0.2, 0.25) is 0 Å². The first-order valence-electron chi connectivity index (χ1n) is 9.03. The molecule has 1 aliphatic rings. The molecule has 1 aliphatic carbocycles. The second-order valence-corrected chi connectivity index (χ2v) is 7.86. The standard InChI is InChI=1S/C20H24N2O3S2/c1-24-15-9-5-3-7-13(15)11-12-21-20(26)22-18-17(19(23)25-2)14-8-4-6-10-16(14)27-18/h3,5,7,9H,4,6,8,10-12H2,1-2H3,(H2,21,22,26). The lowest BCUT2D eigenvalue weighted by atomic mass is 9.95. The van der Waals surface area contributed by atoms with E-state index >= 15 is 0 Å². The van der Waals surface area contributed by atoms with Gasteiger partial charge in [-0.15, -0.1) is 11.3 Å². The summed E-state index contributed by atoms with van der Waals surface area (Å²) >= 11 is 7.05. The van der Waals surface area contributed by atoms with Gasteiger partial charge in [0.05, 0.1) is 19.8 Å². The molecule has 0 saturated heterocycles. The smallest absolute Gasteiger partial charge is 0.341 e. The quantitative estimate of drug-likeness (QED) is 0.562. The highest BCUT2D eigenvalue weighted by Crippen LogP contribution is 2.38. The Bertz CT molecular complexity index is 833. The summed E-state index contributed by atoms with van der Waals surface area (Å²) in [5, 5.41) is 7.71. The van der Waals surface area contributed by atoms with Crippen LogP contribution >= 0.6 is 23.6 Å². The molecular weight excluding hydrogens is 380 g/mol. The zero-order valence-electron chi connectivity index (χ0n) is 15.6. The highest BCUT2D eigenvalue weighted by molar-refractivity contribution is 7.80. The molecule has 0 fully saturated rings. The fraction of sp³-hybridized carbons (Fsp3) is 0.400. The van der Waals surface area contributed by atoms with Gasteiger partial charge < -0.3 is 20.1 Å². The van der Waals surface area contributed by atoms with E-state index in [0.29, 0.717) is 17.2 Å². The van der Waals surface area contributed by atoms with Crippen LogP contribution in [-0.4, -0.2) is 31.8 Å². The van der Waals surface area contributed by atoms with E-state index in [4.69, 9.17) is 21.7 Å². The molecule has 0 atom stereocenters. The van der Waals surface area contributed by atoms with Gasteiger partial charge in [-0.05, 0) is 61.5 Å². The van der Waals surface area contributed by atoms with Crippen LogP contribution in [0.5, 0.6) is 5.75 Å². The van der Waals surface area contributed by atoms with Crippen molar-refractivity contribution in [1.82, 2.24) is 5.32 Å². The van der Waals surface area contributed by atoms with E-state index in [-0.39, 0.29) is 5.97 Å². The molecule has 144 valence electrons. The first kappa shape index (κ1) is 19.6. The highest BCUT2D eigenvalue weighted by Gasteiger charge is 2.26. The summed E-state index contributed by atoms with van der Waals surface area (Å²) in [7, 11) is 3.09. The predicted molar refractivity (Wildman–Crippen MR) is 113 cm³/mol. The second-order valence-electron chi connectivity index (χ2n) is 6.35. The van der Waals surface area contributed by atoms with Gasteiger partial charge in [0.15, 0.2) is 5.11 Å². The number of hydrogen-bond donors (Lipinski definition) is 2. The number of ether oxygens (including phenoxy) is 2. The van der Waals surface area contributed by atoms with Crippen molar-refractivity contribution in [2.75, 3.05) is 26.1 Å². The first-order chi connectivity index (χ1) is 13.1. The molecule has 0 bridgehead atoms. The zero-order valence-corrected chi connectivity index (χ0v) is 17.2. The lowest BCUT2D eigenvalue weighted by molar-refractivity contribution is 0.0601. The Labute approximate surface area is 169 Å². The summed E-state index contributed by atoms with van der Waals surface area (Å²) in [6, 6.07) is 7.94. The summed E-state index contributed by atoms with van der Waals surface area (Å²) in [4.78, 5) is 13.6. The Morgan fingerprint density at radius 1 is 1.22 bits per heavy atom. The van der Waals surface area contributed by atoms with Gasteiger partial charge in [0.25, 0.3) is 0 Å². The SMILES string of the molecule is COC(=O)c1c(NC(=S)NCCc2ccccc2OC)sc2c1CCCC2. The molecule has 0 unspecified atom stereocenters. The van der Waals surface area contributed by atoms with Gasteiger partial charge in [0, 0.05) is 11.4 Å². The van der Waals surface area contributed by atoms with Crippen LogP contribution in [0.15, 0.2) is 24.3 Å². The van der Waals surface area contributed by atoms with Crippen molar-refractivity contribution in [3.05, 3.63) is 45.8 Å². The Morgan fingerprint density at radius 2 is 2.00 bits per heavy atom. The van der Waals surface area contributed by atoms with Gasteiger partial charge in [-0.3, -0.25) is 0 Å². The number of carbonyl (C=O) groups excluding carboxylic acids is 1. The second kappa shape index (κ2) is 9.19. The molecule has 1 aromatic heterocycles. The molecule has 2 N–H and O–H groups in total. The van der Waals surface area contributed by atoms with E-state index in [9.17, 15) is 4.79 Å². The fourth-order valence-corrected chi connectivity index (χ4v) is 4.89. The Kier molecular flexibility index (Phi) is 6.68. The van der Waals surface area contributed by atoms with E-state index in [1.807, 2.05) is 24.3 Å². The number of thiophene rings is 1. The van der Waals surface area contributed by atoms with Crippen molar-refractivity contribution in [2.45, 2.75) is 32.1 Å². The number of esters is 1. The number of benzene rings is 1. The van der Waals surface area contributed by atoms with Crippen molar-refractivity contribution in [2.24, 2.45) is 0 Å². The van der Waals surface area contributed by atoms with Crippen LogP contribution in [0.2, 0.25) is 0 Å². The molecule has 7 heteroatoms. The molecule has 1 aromatic carbocycles. The number of para-hydroxylation sites is 1. The molecule has 0 aliphatic heterocycles. The number of thiocarbonyl (C=S) groups is 1. The molecular formula is C20H24N2O3S2. The van der Waals surface area contributed by atoms with Crippen molar-refractivity contribution < 1.29 is 14.3 Å². The molecule has 0 radical (unpaired) electrons. The Balaban J connectivity index is 1.64. The molecule has 5 nitrogen and oxygen atoms in total. The number of anilines is 1. The van der Waals surface area contributed by atoms with Crippen molar-refractivity contribution in [3.8, 4) is 5.75 Å². The molecule has 0 saturated carbocycles. The summed E-state index contributed by atoms with van der Waals surface area (Å²) in [5.74, 6) is 0.575. The van der Waals surface area contributed by atoms with Crippen LogP contribution in [0, 0.1) is 0 Å². The number of rotatable bonds is 6. The third-order valence-electron chi connectivity index (χ3n) is 4.66. The number of hydrogen-bond acceptors (Lipinski definition) is 5. The number of methoxy groups -OCH3 is 2. The average Bonchev–Trinajstić information content (AvgIpc) is 3.05. The fourth-order valence-electron chi connectivity index (χ4n) is 3.34. The molecule has 1 heterocycles. The maximum Gasteiger partial charge on any atom is 0.341 e. The van der Waals surface area contributed by atoms with Crippen LogP contribution in [-0.2, 0) is 24.0 Å². The molecule has 3 rings (SSSR count). The van der Waals surface area contributed by atoms with Gasteiger partial charge in [0.1, 0.15) is 10.8 Å². The Hall–Kier alpha value is -2.12. The van der Waals surface area contributed by atoms with Crippen LogP contribution in [0.1, 0.15) is 39.2 Å². The summed E-state index contributed by atoms with van der Waals surface area (Å²) in [6.07, 6.45) is 4.99. The van der Waals surface area contributed by atoms with E-state index < -0.39 is 0 Å². The van der Waals surface area contributed by atoms with Gasteiger partial charge in [-0.2, -0.15) is 0 Å². The highest BCUT2D eigenvalue weighted by atomic mass is 32.1. The number of carbonyl (C=O) groups is 1. The van der Waals surface area contributed by atoms with E-state index in [0.717, 1.165) is 54.0 Å². The van der Waals surface area contributed by atoms with Gasteiger partial charge >= 0.3 is 5.97 Å². The minimum absolute atomic E-state index is 0.297. The maximum atomic E-state index is 12.3. The van der Waals surface area contributed by atoms with Crippen molar-refractivity contribution >= 4 is 39.6 Å². The molecule has 2 aromatic rings. The third kappa shape index (κ3) is 4.59. The van der Waals surface area contributed by atoms with Gasteiger partial charge in [-0.1, -0.05) is 18.2 Å². The van der Waals surface area contributed by atoms with Crippen LogP contribution in [0.25, 0.3) is 0 Å². The topological polar surface area (TPSA) is 59.6 Å². The number of nitrogens with one attached hydrogen (secondary N) is 2.